The van der Waals surface area contributed by atoms with Crippen molar-refractivity contribution in [3.8, 4) is 17.6 Å². The molecule has 20 heavy (non-hydrogen) atoms. The second kappa shape index (κ2) is 6.56. The number of nitriles is 1. The van der Waals surface area contributed by atoms with Crippen LogP contribution in [-0.2, 0) is 6.42 Å². The fraction of sp³-hybridized carbons (Fsp3) is 0.188. The molecule has 4 heteroatoms. The van der Waals surface area contributed by atoms with E-state index < -0.39 is 6.10 Å². The van der Waals surface area contributed by atoms with Gasteiger partial charge in [0.25, 0.3) is 0 Å². The molecule has 2 rings (SSSR count). The molecule has 0 amide bonds. The minimum absolute atomic E-state index is 0.386. The van der Waals surface area contributed by atoms with Crippen LogP contribution in [-0.4, -0.2) is 5.11 Å². The lowest BCUT2D eigenvalue weighted by molar-refractivity contribution is 0.195. The molecule has 102 valence electrons. The molecule has 0 fully saturated rings. The van der Waals surface area contributed by atoms with Crippen LogP contribution in [0, 0.1) is 11.3 Å². The Hall–Kier alpha value is -1.83. The van der Waals surface area contributed by atoms with E-state index in [1.807, 2.05) is 42.5 Å². The summed E-state index contributed by atoms with van der Waals surface area (Å²) < 4.78 is 6.69. The van der Waals surface area contributed by atoms with Gasteiger partial charge in [-0.25, -0.2) is 0 Å². The van der Waals surface area contributed by atoms with Gasteiger partial charge in [0, 0.05) is 10.0 Å². The van der Waals surface area contributed by atoms with Crippen molar-refractivity contribution < 1.29 is 9.84 Å². The van der Waals surface area contributed by atoms with Gasteiger partial charge in [0.05, 0.1) is 18.6 Å². The smallest absolute Gasteiger partial charge is 0.133 e. The summed E-state index contributed by atoms with van der Waals surface area (Å²) >= 11 is 3.38. The fourth-order valence-corrected chi connectivity index (χ4v) is 2.21. The highest BCUT2D eigenvalue weighted by Crippen LogP contribution is 2.32. The molecule has 0 saturated heterocycles. The molecule has 0 radical (unpaired) electrons. The molecule has 0 aliphatic rings. The molecule has 3 nitrogen and oxygen atoms in total. The Kier molecular flexibility index (Phi) is 4.78. The normalized spacial score (nSPS) is 11.7. The van der Waals surface area contributed by atoms with Crippen LogP contribution in [0.5, 0.6) is 11.5 Å². The van der Waals surface area contributed by atoms with E-state index in [1.165, 1.54) is 0 Å². The molecule has 0 aliphatic carbocycles. The molecular weight excluding hydrogens is 318 g/mol. The SMILES string of the molecule is CC(O)c1cc(Br)ccc1Oc1ccc(CC#N)cc1. The Morgan fingerprint density at radius 2 is 1.95 bits per heavy atom. The van der Waals surface area contributed by atoms with E-state index in [-0.39, 0.29) is 0 Å². The number of hydrogen-bond donors (Lipinski definition) is 1. The van der Waals surface area contributed by atoms with Crippen LogP contribution in [0.15, 0.2) is 46.9 Å². The summed E-state index contributed by atoms with van der Waals surface area (Å²) in [7, 11) is 0. The molecule has 1 atom stereocenters. The summed E-state index contributed by atoms with van der Waals surface area (Å²) in [6, 6.07) is 15.0. The van der Waals surface area contributed by atoms with Crippen LogP contribution >= 0.6 is 15.9 Å². The van der Waals surface area contributed by atoms with Gasteiger partial charge in [0.2, 0.25) is 0 Å². The molecule has 0 spiro atoms. The van der Waals surface area contributed by atoms with E-state index in [4.69, 9.17) is 10.00 Å². The van der Waals surface area contributed by atoms with E-state index in [0.717, 1.165) is 15.6 Å². The monoisotopic (exact) mass is 331 g/mol. The third-order valence-electron chi connectivity index (χ3n) is 2.86. The van der Waals surface area contributed by atoms with Crippen LogP contribution in [0.4, 0.5) is 0 Å². The zero-order valence-electron chi connectivity index (χ0n) is 11.0. The molecule has 1 N–H and O–H groups in total. The predicted octanol–water partition coefficient (Wildman–Crippen LogP) is 4.36. The lowest BCUT2D eigenvalue weighted by atomic mass is 10.1. The van der Waals surface area contributed by atoms with Gasteiger partial charge in [-0.05, 0) is 42.8 Å². The van der Waals surface area contributed by atoms with Gasteiger partial charge >= 0.3 is 0 Å². The van der Waals surface area contributed by atoms with E-state index in [0.29, 0.717) is 17.9 Å². The van der Waals surface area contributed by atoms with Gasteiger partial charge in [0.1, 0.15) is 11.5 Å². The largest absolute Gasteiger partial charge is 0.457 e. The lowest BCUT2D eigenvalue weighted by Gasteiger charge is -2.13. The molecule has 1 unspecified atom stereocenters. The number of rotatable bonds is 4. The van der Waals surface area contributed by atoms with Gasteiger partial charge < -0.3 is 9.84 Å². The second-order valence-corrected chi connectivity index (χ2v) is 5.35. The molecule has 0 aromatic heterocycles. The highest BCUT2D eigenvalue weighted by Gasteiger charge is 2.10. The third-order valence-corrected chi connectivity index (χ3v) is 3.35. The first-order valence-electron chi connectivity index (χ1n) is 6.21. The number of ether oxygens (including phenoxy) is 1. The number of aliphatic hydroxyl groups excluding tert-OH is 1. The van der Waals surface area contributed by atoms with Crippen LogP contribution in [0.3, 0.4) is 0 Å². The fourth-order valence-electron chi connectivity index (χ4n) is 1.83. The average molecular weight is 332 g/mol. The number of nitrogens with zero attached hydrogens (tertiary/aromatic N) is 1. The van der Waals surface area contributed by atoms with Crippen molar-refractivity contribution >= 4 is 15.9 Å². The summed E-state index contributed by atoms with van der Waals surface area (Å²) in [5, 5.41) is 18.4. The van der Waals surface area contributed by atoms with Gasteiger partial charge in [-0.2, -0.15) is 5.26 Å². The summed E-state index contributed by atoms with van der Waals surface area (Å²) in [6.45, 7) is 1.70. The summed E-state index contributed by atoms with van der Waals surface area (Å²) in [5.74, 6) is 1.30. The Labute approximate surface area is 126 Å². The van der Waals surface area contributed by atoms with Crippen molar-refractivity contribution in [1.29, 1.82) is 5.26 Å². The Morgan fingerprint density at radius 3 is 2.55 bits per heavy atom. The molecule has 2 aromatic rings. The molecule has 0 bridgehead atoms. The minimum atomic E-state index is -0.611. The van der Waals surface area contributed by atoms with Crippen LogP contribution in [0.1, 0.15) is 24.2 Å². The first-order chi connectivity index (χ1) is 9.60. The van der Waals surface area contributed by atoms with Gasteiger partial charge in [-0.15, -0.1) is 0 Å². The van der Waals surface area contributed by atoms with Crippen LogP contribution in [0.25, 0.3) is 0 Å². The minimum Gasteiger partial charge on any atom is -0.457 e. The van der Waals surface area contributed by atoms with Gasteiger partial charge in [0.15, 0.2) is 0 Å². The maximum absolute atomic E-state index is 9.78. The molecule has 0 heterocycles. The maximum Gasteiger partial charge on any atom is 0.133 e. The number of aliphatic hydroxyl groups is 1. The predicted molar refractivity (Wildman–Crippen MR) is 80.6 cm³/mol. The van der Waals surface area contributed by atoms with E-state index in [9.17, 15) is 5.11 Å². The second-order valence-electron chi connectivity index (χ2n) is 4.44. The van der Waals surface area contributed by atoms with E-state index in [1.54, 1.807) is 6.92 Å². The zero-order chi connectivity index (χ0) is 14.5. The molecular formula is C16H14BrNO2. The maximum atomic E-state index is 9.78. The van der Waals surface area contributed by atoms with Gasteiger partial charge in [-0.3, -0.25) is 0 Å². The highest BCUT2D eigenvalue weighted by atomic mass is 79.9. The van der Waals surface area contributed by atoms with Crippen molar-refractivity contribution in [1.82, 2.24) is 0 Å². The van der Waals surface area contributed by atoms with Crippen LogP contribution in [0.2, 0.25) is 0 Å². The summed E-state index contributed by atoms with van der Waals surface area (Å²) in [5.41, 5.74) is 1.67. The number of benzene rings is 2. The van der Waals surface area contributed by atoms with Crippen molar-refractivity contribution in [2.45, 2.75) is 19.4 Å². The summed E-state index contributed by atoms with van der Waals surface area (Å²) in [6.07, 6.45) is -0.224. The zero-order valence-corrected chi connectivity index (χ0v) is 12.6. The Bertz CT molecular complexity index is 630. The Morgan fingerprint density at radius 1 is 1.25 bits per heavy atom. The van der Waals surface area contributed by atoms with Crippen LogP contribution < -0.4 is 4.74 Å². The quantitative estimate of drug-likeness (QED) is 0.905. The van der Waals surface area contributed by atoms with Gasteiger partial charge in [-0.1, -0.05) is 28.1 Å². The lowest BCUT2D eigenvalue weighted by Crippen LogP contribution is -1.96. The first-order valence-corrected chi connectivity index (χ1v) is 7.00. The highest BCUT2D eigenvalue weighted by molar-refractivity contribution is 9.10. The van der Waals surface area contributed by atoms with Crippen molar-refractivity contribution in [3.05, 3.63) is 58.1 Å². The number of hydrogen-bond acceptors (Lipinski definition) is 3. The molecule has 0 saturated carbocycles. The molecule has 0 aliphatic heterocycles. The standard InChI is InChI=1S/C16H14BrNO2/c1-11(19)15-10-13(17)4-7-16(15)20-14-5-2-12(3-6-14)8-9-18/h2-7,10-11,19H,8H2,1H3. The first kappa shape index (κ1) is 14.6. The van der Waals surface area contributed by atoms with E-state index in [2.05, 4.69) is 22.0 Å². The van der Waals surface area contributed by atoms with Crippen molar-refractivity contribution in [3.63, 3.8) is 0 Å². The number of halogens is 1. The summed E-state index contributed by atoms with van der Waals surface area (Å²) in [4.78, 5) is 0. The Balaban J connectivity index is 2.23. The topological polar surface area (TPSA) is 53.2 Å². The molecule has 2 aromatic carbocycles. The van der Waals surface area contributed by atoms with E-state index >= 15 is 0 Å². The third kappa shape index (κ3) is 3.60. The van der Waals surface area contributed by atoms with Crippen molar-refractivity contribution in [2.75, 3.05) is 0 Å². The average Bonchev–Trinajstić information content (AvgIpc) is 2.43. The van der Waals surface area contributed by atoms with Crippen molar-refractivity contribution in [2.24, 2.45) is 0 Å².